The number of fused-ring (bicyclic) bond motifs is 1. The first-order valence-electron chi connectivity index (χ1n) is 12.1. The molecule has 1 aliphatic heterocycles. The molecule has 1 fully saturated rings. The van der Waals surface area contributed by atoms with E-state index in [2.05, 4.69) is 0 Å². The summed E-state index contributed by atoms with van der Waals surface area (Å²) in [6.45, 7) is 0.727. The van der Waals surface area contributed by atoms with Gasteiger partial charge in [0.05, 0.1) is 29.3 Å². The predicted octanol–water partition coefficient (Wildman–Crippen LogP) is 9.37. The molecule has 1 saturated heterocycles. The van der Waals surface area contributed by atoms with Crippen LogP contribution in [0.2, 0.25) is 0 Å². The molecule has 1 aliphatic rings. The van der Waals surface area contributed by atoms with Gasteiger partial charge in [0.2, 0.25) is 0 Å². The van der Waals surface area contributed by atoms with Gasteiger partial charge in [-0.3, -0.25) is 4.90 Å². The molecule has 0 bridgehead atoms. The monoisotopic (exact) mass is 619 g/mol. The number of amides is 1. The van der Waals surface area contributed by atoms with Crippen molar-refractivity contribution in [3.63, 3.8) is 0 Å². The Balaban J connectivity index is 1.56. The summed E-state index contributed by atoms with van der Waals surface area (Å²) in [5, 5.41) is 0.579. The van der Waals surface area contributed by atoms with Crippen LogP contribution >= 0.6 is 10.8 Å². The van der Waals surface area contributed by atoms with Gasteiger partial charge in [0, 0.05) is 17.0 Å². The summed E-state index contributed by atoms with van der Waals surface area (Å²) in [7, 11) is -1.77. The van der Waals surface area contributed by atoms with E-state index >= 15 is 0 Å². The Kier molecular flexibility index (Phi) is 7.21. The lowest BCUT2D eigenvalue weighted by Crippen LogP contribution is -2.32. The van der Waals surface area contributed by atoms with E-state index in [0.29, 0.717) is 22.2 Å². The molecule has 4 aromatic rings. The van der Waals surface area contributed by atoms with E-state index in [1.165, 1.54) is 13.0 Å². The number of rotatable bonds is 4. The topological polar surface area (TPSA) is 52.6 Å². The molecule has 42 heavy (non-hydrogen) atoms. The second kappa shape index (κ2) is 10.2. The average Bonchev–Trinajstić information content (AvgIpc) is 3.38. The van der Waals surface area contributed by atoms with Gasteiger partial charge >= 0.3 is 24.6 Å². The fourth-order valence-electron chi connectivity index (χ4n) is 4.89. The molecule has 14 heteroatoms. The highest BCUT2D eigenvalue weighted by Gasteiger charge is 2.44. The zero-order valence-corrected chi connectivity index (χ0v) is 22.0. The number of carbonyl (C=O) groups excluding carboxylic acids is 1. The number of nitrogens with zero attached hydrogens (tertiary/aromatic N) is 1. The first kappa shape index (κ1) is 29.7. The van der Waals surface area contributed by atoms with Crippen LogP contribution in [0.4, 0.5) is 44.3 Å². The van der Waals surface area contributed by atoms with Crippen LogP contribution in [-0.2, 0) is 29.8 Å². The number of benzene rings is 3. The van der Waals surface area contributed by atoms with Crippen molar-refractivity contribution in [3.05, 3.63) is 94.5 Å². The Morgan fingerprint density at radius 3 is 1.98 bits per heavy atom. The Bertz CT molecular complexity index is 1640. The van der Waals surface area contributed by atoms with Crippen LogP contribution in [0.1, 0.15) is 40.8 Å². The Labute approximate surface area is 234 Å². The molecule has 0 N–H and O–H groups in total. The minimum atomic E-state index is -5.14. The molecule has 4 nitrogen and oxygen atoms in total. The lowest BCUT2D eigenvalue weighted by molar-refractivity contribution is -0.143. The van der Waals surface area contributed by atoms with E-state index < -0.39 is 76.3 Å². The molecule has 0 aliphatic carbocycles. The maximum Gasteiger partial charge on any atom is 0.416 e. The van der Waals surface area contributed by atoms with Crippen LogP contribution in [-0.4, -0.2) is 21.6 Å². The first-order chi connectivity index (χ1) is 19.4. The van der Waals surface area contributed by atoms with Gasteiger partial charge in [0.25, 0.3) is 0 Å². The highest BCUT2D eigenvalue weighted by atomic mass is 32.2. The molecule has 222 valence electrons. The zero-order valence-electron chi connectivity index (χ0n) is 21.2. The second-order valence-electron chi connectivity index (χ2n) is 9.70. The summed E-state index contributed by atoms with van der Waals surface area (Å²) in [5.74, 6) is 0. The lowest BCUT2D eigenvalue weighted by Gasteiger charge is -2.23. The number of hydrogen-bond acceptors (Lipinski definition) is 3. The van der Waals surface area contributed by atoms with Gasteiger partial charge < -0.3 is 9.29 Å². The third-order valence-corrected chi connectivity index (χ3v) is 8.48. The summed E-state index contributed by atoms with van der Waals surface area (Å²) in [6.07, 6.45) is -17.8. The summed E-state index contributed by atoms with van der Waals surface area (Å²) >= 11 is 0. The van der Waals surface area contributed by atoms with Crippen molar-refractivity contribution < 1.29 is 53.6 Å². The smallest absolute Gasteiger partial charge is 0.416 e. The third-order valence-electron chi connectivity index (χ3n) is 6.97. The summed E-state index contributed by atoms with van der Waals surface area (Å²) in [4.78, 5) is 13.9. The quantitative estimate of drug-likeness (QED) is 0.169. The molecule has 2 heterocycles. The van der Waals surface area contributed by atoms with Crippen molar-refractivity contribution >= 4 is 26.9 Å². The molecule has 0 saturated carbocycles. The molecular weight excluding hydrogens is 601 g/mol. The van der Waals surface area contributed by atoms with Gasteiger partial charge in [-0.1, -0.05) is 12.1 Å². The Morgan fingerprint density at radius 2 is 1.40 bits per heavy atom. The van der Waals surface area contributed by atoms with Crippen molar-refractivity contribution in [2.75, 3.05) is 0 Å². The number of ether oxygens (including phenoxy) is 1. The number of alkyl halides is 9. The normalized spacial score (nSPS) is 18.6. The fourth-order valence-corrected chi connectivity index (χ4v) is 6.30. The van der Waals surface area contributed by atoms with E-state index in [4.69, 9.17) is 4.74 Å². The van der Waals surface area contributed by atoms with Crippen molar-refractivity contribution in [1.82, 2.24) is 4.90 Å². The number of cyclic esters (lactones) is 1. The molecule has 3 atom stereocenters. The standard InChI is InChI=1S/C28H18F9NO3S/c1-14-24(16-8-19(27(32,33)34)12-20(9-16)28(35,36)37)41-25(39)38(14)13-17-10-18(26(29,30)31)6-7-21(17)23-11-15-4-2-3-5-22(15)42(23)40/h2-12,14,24H,13H2,1H3/t14-,24-,42?/m0/s1. The van der Waals surface area contributed by atoms with Gasteiger partial charge in [0.1, 0.15) is 6.10 Å². The molecule has 1 aromatic heterocycles. The van der Waals surface area contributed by atoms with Crippen LogP contribution in [0.3, 0.4) is 0 Å². The second-order valence-corrected chi connectivity index (χ2v) is 11.1. The minimum Gasteiger partial charge on any atom is -0.590 e. The highest BCUT2D eigenvalue weighted by molar-refractivity contribution is 7.34. The van der Waals surface area contributed by atoms with Crippen molar-refractivity contribution in [1.29, 1.82) is 0 Å². The Hall–Kier alpha value is -3.78. The van der Waals surface area contributed by atoms with Gasteiger partial charge in [0.15, 0.2) is 9.58 Å². The van der Waals surface area contributed by atoms with E-state index in [1.54, 1.807) is 24.3 Å². The van der Waals surface area contributed by atoms with Gasteiger partial charge in [-0.05, 0) is 77.3 Å². The number of thiophene rings is 1. The van der Waals surface area contributed by atoms with Crippen molar-refractivity contribution in [2.24, 2.45) is 0 Å². The van der Waals surface area contributed by atoms with E-state index in [-0.39, 0.29) is 22.1 Å². The summed E-state index contributed by atoms with van der Waals surface area (Å²) in [6, 6.07) is 10.4. The molecule has 1 amide bonds. The van der Waals surface area contributed by atoms with Gasteiger partial charge in [-0.2, -0.15) is 39.5 Å². The SMILES string of the molecule is C[C@H]1[C@@H](c2cc(C(F)(F)F)cc(C(F)(F)F)c2)OC(=O)N1Cc1cc(C(F)(F)F)ccc1-c1cc2ccccc2[s+]1[O-]. The molecular formula is C28H18F9NO3S. The van der Waals surface area contributed by atoms with E-state index in [0.717, 1.165) is 23.1 Å². The predicted molar refractivity (Wildman–Crippen MR) is 134 cm³/mol. The largest absolute Gasteiger partial charge is 0.590 e. The molecule has 3 aromatic carbocycles. The molecule has 0 radical (unpaired) electrons. The van der Waals surface area contributed by atoms with Crippen LogP contribution in [0.25, 0.3) is 20.5 Å². The number of halogens is 9. The molecule has 0 spiro atoms. The first-order valence-corrected chi connectivity index (χ1v) is 13.3. The fraction of sp³-hybridized carbons (Fsp3) is 0.250. The zero-order chi connectivity index (χ0) is 30.8. The summed E-state index contributed by atoms with van der Waals surface area (Å²) in [5.41, 5.74) is -4.85. The van der Waals surface area contributed by atoms with Crippen LogP contribution < -0.4 is 0 Å². The average molecular weight is 620 g/mol. The van der Waals surface area contributed by atoms with E-state index in [9.17, 15) is 48.9 Å². The molecule has 1 unspecified atom stereocenters. The minimum absolute atomic E-state index is 0.0644. The number of hydrogen-bond donors (Lipinski definition) is 0. The summed E-state index contributed by atoms with van der Waals surface area (Å²) < 4.78 is 140. The van der Waals surface area contributed by atoms with Crippen LogP contribution in [0.15, 0.2) is 66.7 Å². The highest BCUT2D eigenvalue weighted by Crippen LogP contribution is 2.45. The van der Waals surface area contributed by atoms with E-state index in [1.807, 2.05) is 0 Å². The lowest BCUT2D eigenvalue weighted by atomic mass is 9.96. The maximum atomic E-state index is 13.6. The van der Waals surface area contributed by atoms with Crippen molar-refractivity contribution in [2.45, 2.75) is 44.1 Å². The maximum absolute atomic E-state index is 13.6. The van der Waals surface area contributed by atoms with Gasteiger partial charge in [-0.15, -0.1) is 0 Å². The van der Waals surface area contributed by atoms with Crippen LogP contribution in [0.5, 0.6) is 0 Å². The third kappa shape index (κ3) is 5.52. The van der Waals surface area contributed by atoms with Gasteiger partial charge in [-0.25, -0.2) is 4.79 Å². The van der Waals surface area contributed by atoms with Crippen molar-refractivity contribution in [3.8, 4) is 10.4 Å². The Morgan fingerprint density at radius 1 is 0.810 bits per heavy atom. The van der Waals surface area contributed by atoms with Crippen LogP contribution in [0, 0.1) is 0 Å². The number of carbonyl (C=O) groups is 1. The molecule has 5 rings (SSSR count).